The van der Waals surface area contributed by atoms with Gasteiger partial charge in [0.15, 0.2) is 0 Å². The molecule has 0 unspecified atom stereocenters. The highest BCUT2D eigenvalue weighted by atomic mass is 16.1. The Labute approximate surface area is 146 Å². The summed E-state index contributed by atoms with van der Waals surface area (Å²) in [6.45, 7) is 6.46. The normalized spacial score (nSPS) is 12.2. The highest BCUT2D eigenvalue weighted by Gasteiger charge is 2.20. The zero-order valence-electron chi connectivity index (χ0n) is 14.9. The van der Waals surface area contributed by atoms with Crippen molar-refractivity contribution in [2.45, 2.75) is 33.4 Å². The lowest BCUT2D eigenvalue weighted by molar-refractivity contribution is 0.0938. The van der Waals surface area contributed by atoms with E-state index >= 15 is 0 Å². The molecule has 2 aromatic heterocycles. The van der Waals surface area contributed by atoms with Gasteiger partial charge >= 0.3 is 0 Å². The van der Waals surface area contributed by atoms with Crippen LogP contribution < -0.4 is 5.32 Å². The Balaban J connectivity index is 1.82. The number of rotatable bonds is 5. The van der Waals surface area contributed by atoms with Crippen LogP contribution in [0.4, 0.5) is 0 Å². The minimum atomic E-state index is -0.124. The second-order valence-electron chi connectivity index (χ2n) is 6.15. The molecule has 2 heterocycles. The lowest BCUT2D eigenvalue weighted by Gasteiger charge is -2.16. The summed E-state index contributed by atoms with van der Waals surface area (Å²) in [6, 6.07) is 7.42. The summed E-state index contributed by atoms with van der Waals surface area (Å²) < 4.78 is 3.54. The minimum absolute atomic E-state index is 0.106. The predicted octanol–water partition coefficient (Wildman–Crippen LogP) is 2.17. The van der Waals surface area contributed by atoms with E-state index in [1.807, 2.05) is 56.8 Å². The van der Waals surface area contributed by atoms with E-state index in [0.29, 0.717) is 12.1 Å². The number of nitrogens with zero attached hydrogens (tertiary/aromatic N) is 5. The first-order valence-electron chi connectivity index (χ1n) is 8.18. The monoisotopic (exact) mass is 338 g/mol. The molecule has 1 atom stereocenters. The minimum Gasteiger partial charge on any atom is -0.345 e. The van der Waals surface area contributed by atoms with Gasteiger partial charge in [-0.15, -0.1) is 0 Å². The van der Waals surface area contributed by atoms with Crippen LogP contribution in [0, 0.1) is 13.8 Å². The number of aromatic nitrogens is 5. The third kappa shape index (κ3) is 3.45. The summed E-state index contributed by atoms with van der Waals surface area (Å²) in [4.78, 5) is 16.8. The van der Waals surface area contributed by atoms with Gasteiger partial charge in [-0.1, -0.05) is 18.2 Å². The van der Waals surface area contributed by atoms with Crippen molar-refractivity contribution in [3.05, 3.63) is 65.0 Å². The Kier molecular flexibility index (Phi) is 4.65. The molecular formula is C18H22N6O. The molecular weight excluding hydrogens is 316 g/mol. The van der Waals surface area contributed by atoms with Crippen molar-refractivity contribution in [1.29, 1.82) is 0 Å². The second-order valence-corrected chi connectivity index (χ2v) is 6.15. The number of hydrogen-bond donors (Lipinski definition) is 1. The number of nitrogens with one attached hydrogen (secondary N) is 1. The number of aryl methyl sites for hydroxylation is 2. The number of carbonyl (C=O) groups is 1. The Morgan fingerprint density at radius 1 is 1.28 bits per heavy atom. The highest BCUT2D eigenvalue weighted by molar-refractivity contribution is 5.95. The Hall–Kier alpha value is -2.96. The van der Waals surface area contributed by atoms with Crippen molar-refractivity contribution in [3.63, 3.8) is 0 Å². The van der Waals surface area contributed by atoms with Gasteiger partial charge in [0.05, 0.1) is 18.3 Å². The summed E-state index contributed by atoms with van der Waals surface area (Å²) in [5, 5.41) is 11.6. The van der Waals surface area contributed by atoms with Crippen molar-refractivity contribution >= 4 is 5.91 Å². The van der Waals surface area contributed by atoms with Crippen LogP contribution in [-0.4, -0.2) is 30.5 Å². The van der Waals surface area contributed by atoms with Crippen LogP contribution in [0.5, 0.6) is 0 Å². The van der Waals surface area contributed by atoms with E-state index in [1.165, 1.54) is 6.33 Å². The van der Waals surface area contributed by atoms with Gasteiger partial charge in [-0.3, -0.25) is 9.48 Å². The molecule has 1 amide bonds. The van der Waals surface area contributed by atoms with Crippen LogP contribution in [0.2, 0.25) is 0 Å². The van der Waals surface area contributed by atoms with Gasteiger partial charge in [0.2, 0.25) is 0 Å². The molecule has 25 heavy (non-hydrogen) atoms. The largest absolute Gasteiger partial charge is 0.345 e. The van der Waals surface area contributed by atoms with Crippen molar-refractivity contribution in [2.75, 3.05) is 0 Å². The number of carbonyl (C=O) groups excluding carboxylic acids is 1. The topological polar surface area (TPSA) is 77.6 Å². The van der Waals surface area contributed by atoms with E-state index in [-0.39, 0.29) is 11.9 Å². The van der Waals surface area contributed by atoms with Gasteiger partial charge in [0.25, 0.3) is 5.91 Å². The first kappa shape index (κ1) is 16.9. The van der Waals surface area contributed by atoms with Gasteiger partial charge in [-0.2, -0.15) is 10.2 Å². The molecule has 0 saturated heterocycles. The molecule has 0 bridgehead atoms. The zero-order valence-corrected chi connectivity index (χ0v) is 14.9. The average Bonchev–Trinajstić information content (AvgIpc) is 3.16. The lowest BCUT2D eigenvalue weighted by atomic mass is 10.0. The molecule has 7 nitrogen and oxygen atoms in total. The Morgan fingerprint density at radius 3 is 2.68 bits per heavy atom. The number of benzene rings is 1. The molecule has 3 aromatic rings. The summed E-state index contributed by atoms with van der Waals surface area (Å²) >= 11 is 0. The van der Waals surface area contributed by atoms with Crippen LogP contribution in [0.25, 0.3) is 0 Å². The van der Waals surface area contributed by atoms with E-state index in [4.69, 9.17) is 0 Å². The summed E-state index contributed by atoms with van der Waals surface area (Å²) in [5.74, 6) is -0.106. The fourth-order valence-corrected chi connectivity index (χ4v) is 3.13. The maximum Gasteiger partial charge on any atom is 0.252 e. The first-order chi connectivity index (χ1) is 12.0. The lowest BCUT2D eigenvalue weighted by Crippen LogP contribution is -2.28. The molecule has 0 aliphatic heterocycles. The fraction of sp³-hybridized carbons (Fsp3) is 0.333. The third-order valence-electron chi connectivity index (χ3n) is 4.41. The predicted molar refractivity (Wildman–Crippen MR) is 94.1 cm³/mol. The Bertz CT molecular complexity index is 881. The summed E-state index contributed by atoms with van der Waals surface area (Å²) in [7, 11) is 1.91. The SMILES string of the molecule is Cc1nn(C)c(C)c1[C@H](C)NC(=O)c1ccccc1Cn1cncn1. The van der Waals surface area contributed by atoms with E-state index in [0.717, 1.165) is 22.5 Å². The van der Waals surface area contributed by atoms with E-state index < -0.39 is 0 Å². The van der Waals surface area contributed by atoms with Gasteiger partial charge in [0.1, 0.15) is 12.7 Å². The highest BCUT2D eigenvalue weighted by Crippen LogP contribution is 2.21. The van der Waals surface area contributed by atoms with E-state index in [1.54, 1.807) is 11.0 Å². The van der Waals surface area contributed by atoms with Crippen LogP contribution in [0.15, 0.2) is 36.9 Å². The van der Waals surface area contributed by atoms with Crippen LogP contribution in [0.1, 0.15) is 45.8 Å². The van der Waals surface area contributed by atoms with Gasteiger partial charge in [-0.05, 0) is 32.4 Å². The molecule has 0 fully saturated rings. The molecule has 0 aliphatic rings. The van der Waals surface area contributed by atoms with Crippen LogP contribution >= 0.6 is 0 Å². The third-order valence-corrected chi connectivity index (χ3v) is 4.41. The smallest absolute Gasteiger partial charge is 0.252 e. The summed E-state index contributed by atoms with van der Waals surface area (Å²) in [6.07, 6.45) is 3.12. The van der Waals surface area contributed by atoms with Gasteiger partial charge < -0.3 is 5.32 Å². The van der Waals surface area contributed by atoms with Crippen molar-refractivity contribution in [3.8, 4) is 0 Å². The first-order valence-corrected chi connectivity index (χ1v) is 8.18. The van der Waals surface area contributed by atoms with Crippen LogP contribution in [0.3, 0.4) is 0 Å². The molecule has 7 heteroatoms. The molecule has 3 rings (SSSR count). The van der Waals surface area contributed by atoms with Crippen molar-refractivity contribution in [2.24, 2.45) is 7.05 Å². The second kappa shape index (κ2) is 6.88. The van der Waals surface area contributed by atoms with E-state index in [2.05, 4.69) is 20.5 Å². The quantitative estimate of drug-likeness (QED) is 0.773. The van der Waals surface area contributed by atoms with E-state index in [9.17, 15) is 4.79 Å². The maximum atomic E-state index is 12.8. The molecule has 0 aliphatic carbocycles. The standard InChI is InChI=1S/C18H22N6O/c1-12(17-13(2)22-23(4)14(17)3)21-18(25)16-8-6-5-7-15(16)9-24-11-19-10-20-24/h5-8,10-12H,9H2,1-4H3,(H,21,25)/t12-/m0/s1. The molecule has 0 saturated carbocycles. The van der Waals surface area contributed by atoms with Crippen LogP contribution in [-0.2, 0) is 13.6 Å². The molecule has 0 radical (unpaired) electrons. The zero-order chi connectivity index (χ0) is 18.0. The van der Waals surface area contributed by atoms with Crippen molar-refractivity contribution in [1.82, 2.24) is 29.9 Å². The number of hydrogen-bond acceptors (Lipinski definition) is 4. The maximum absolute atomic E-state index is 12.8. The molecule has 130 valence electrons. The van der Waals surface area contributed by atoms with Gasteiger partial charge in [-0.25, -0.2) is 9.67 Å². The Morgan fingerprint density at radius 2 is 2.04 bits per heavy atom. The fourth-order valence-electron chi connectivity index (χ4n) is 3.13. The molecule has 0 spiro atoms. The molecule has 1 N–H and O–H groups in total. The number of amides is 1. The molecule has 1 aromatic carbocycles. The van der Waals surface area contributed by atoms with Crippen molar-refractivity contribution < 1.29 is 4.79 Å². The van der Waals surface area contributed by atoms with Gasteiger partial charge in [0, 0.05) is 23.9 Å². The summed E-state index contributed by atoms with van der Waals surface area (Å²) in [5.41, 5.74) is 4.59. The average molecular weight is 338 g/mol.